The Hall–Kier alpha value is -2.28. The van der Waals surface area contributed by atoms with Crippen molar-refractivity contribution in [2.75, 3.05) is 19.8 Å². The number of rotatable bonds is 3. The highest BCUT2D eigenvalue weighted by Gasteiger charge is 2.31. The topological polar surface area (TPSA) is 62.2 Å². The van der Waals surface area contributed by atoms with Crippen LogP contribution < -0.4 is 0 Å². The van der Waals surface area contributed by atoms with Crippen LogP contribution in [0.2, 0.25) is 0 Å². The average molecular weight is 333 g/mol. The molecule has 0 spiro atoms. The third-order valence-corrected chi connectivity index (χ3v) is 4.23. The minimum atomic E-state index is -0.329. The summed E-state index contributed by atoms with van der Waals surface area (Å²) in [6.07, 6.45) is 0.603. The van der Waals surface area contributed by atoms with Gasteiger partial charge in [0.05, 0.1) is 25.8 Å². The lowest BCUT2D eigenvalue weighted by atomic mass is 10.1. The highest BCUT2D eigenvalue weighted by atomic mass is 19.1. The molecule has 1 aromatic rings. The maximum atomic E-state index is 13.0. The van der Waals surface area contributed by atoms with E-state index in [1.165, 1.54) is 17.1 Å². The van der Waals surface area contributed by atoms with E-state index < -0.39 is 0 Å². The van der Waals surface area contributed by atoms with E-state index in [2.05, 4.69) is 5.10 Å². The number of hydrogen-bond acceptors (Lipinski definition) is 4. The Morgan fingerprint density at radius 3 is 2.79 bits per heavy atom. The Bertz CT molecular complexity index is 660. The van der Waals surface area contributed by atoms with Crippen molar-refractivity contribution >= 4 is 17.5 Å². The van der Waals surface area contributed by atoms with Crippen molar-refractivity contribution in [1.29, 1.82) is 0 Å². The molecule has 1 fully saturated rings. The minimum Gasteiger partial charge on any atom is -0.377 e. The normalized spacial score (nSPS) is 21.7. The van der Waals surface area contributed by atoms with Gasteiger partial charge in [-0.3, -0.25) is 9.59 Å². The summed E-state index contributed by atoms with van der Waals surface area (Å²) in [6, 6.07) is 5.90. The van der Waals surface area contributed by atoms with Gasteiger partial charge in [0.1, 0.15) is 11.5 Å². The van der Waals surface area contributed by atoms with Crippen LogP contribution in [-0.2, 0) is 20.9 Å². The largest absolute Gasteiger partial charge is 0.377 e. The van der Waals surface area contributed by atoms with Gasteiger partial charge in [-0.1, -0.05) is 12.1 Å². The van der Waals surface area contributed by atoms with Crippen LogP contribution >= 0.6 is 0 Å². The van der Waals surface area contributed by atoms with E-state index in [1.807, 2.05) is 6.92 Å². The summed E-state index contributed by atoms with van der Waals surface area (Å²) in [5.41, 5.74) is 1.16. The summed E-state index contributed by atoms with van der Waals surface area (Å²) in [4.78, 5) is 26.5. The first kappa shape index (κ1) is 16.6. The molecule has 7 heteroatoms. The first-order valence-corrected chi connectivity index (χ1v) is 8.05. The molecule has 2 heterocycles. The molecular weight excluding hydrogens is 313 g/mol. The van der Waals surface area contributed by atoms with Crippen molar-refractivity contribution in [3.8, 4) is 0 Å². The van der Waals surface area contributed by atoms with E-state index >= 15 is 0 Å². The molecule has 0 saturated carbocycles. The van der Waals surface area contributed by atoms with Gasteiger partial charge in [-0.25, -0.2) is 9.40 Å². The first-order chi connectivity index (χ1) is 11.5. The predicted molar refractivity (Wildman–Crippen MR) is 85.6 cm³/mol. The molecule has 1 aromatic carbocycles. The van der Waals surface area contributed by atoms with Gasteiger partial charge in [0, 0.05) is 19.4 Å². The fourth-order valence-corrected chi connectivity index (χ4v) is 2.84. The number of carbonyl (C=O) groups excluding carboxylic acids is 2. The minimum absolute atomic E-state index is 0.00266. The maximum Gasteiger partial charge on any atom is 0.270 e. The van der Waals surface area contributed by atoms with E-state index in [0.29, 0.717) is 31.9 Å². The van der Waals surface area contributed by atoms with Gasteiger partial charge in [0.2, 0.25) is 5.91 Å². The van der Waals surface area contributed by atoms with Crippen LogP contribution in [0.1, 0.15) is 25.3 Å². The summed E-state index contributed by atoms with van der Waals surface area (Å²) in [5.74, 6) is -0.599. The summed E-state index contributed by atoms with van der Waals surface area (Å²) < 4.78 is 18.3. The maximum absolute atomic E-state index is 13.0. The SMILES string of the molecule is CC1COCCN1C(=O)C1=NN(Cc2ccc(F)cc2)C(=O)CC1. The molecule has 1 atom stereocenters. The molecule has 2 aliphatic rings. The van der Waals surface area contributed by atoms with Crippen LogP contribution in [-0.4, -0.2) is 53.2 Å². The fraction of sp³-hybridized carbons (Fsp3) is 0.471. The second-order valence-electron chi connectivity index (χ2n) is 6.05. The smallest absolute Gasteiger partial charge is 0.270 e. The highest BCUT2D eigenvalue weighted by Crippen LogP contribution is 2.17. The number of hydrazone groups is 1. The van der Waals surface area contributed by atoms with Crippen molar-refractivity contribution < 1.29 is 18.7 Å². The number of carbonyl (C=O) groups is 2. The van der Waals surface area contributed by atoms with Gasteiger partial charge >= 0.3 is 0 Å². The zero-order chi connectivity index (χ0) is 17.1. The fourth-order valence-electron chi connectivity index (χ4n) is 2.84. The molecule has 0 N–H and O–H groups in total. The van der Waals surface area contributed by atoms with E-state index in [0.717, 1.165) is 5.56 Å². The van der Waals surface area contributed by atoms with Crippen LogP contribution in [0.3, 0.4) is 0 Å². The number of benzene rings is 1. The summed E-state index contributed by atoms with van der Waals surface area (Å²) in [7, 11) is 0. The third kappa shape index (κ3) is 3.62. The van der Waals surface area contributed by atoms with Crippen LogP contribution in [0.5, 0.6) is 0 Å². The van der Waals surface area contributed by atoms with Crippen molar-refractivity contribution in [3.63, 3.8) is 0 Å². The van der Waals surface area contributed by atoms with E-state index in [-0.39, 0.29) is 36.6 Å². The quantitative estimate of drug-likeness (QED) is 0.843. The zero-order valence-corrected chi connectivity index (χ0v) is 13.6. The number of ether oxygens (including phenoxy) is 1. The monoisotopic (exact) mass is 333 g/mol. The Morgan fingerprint density at radius 2 is 2.08 bits per heavy atom. The van der Waals surface area contributed by atoms with Crippen LogP contribution in [0.25, 0.3) is 0 Å². The number of hydrogen-bond donors (Lipinski definition) is 0. The first-order valence-electron chi connectivity index (χ1n) is 8.05. The molecular formula is C17H20FN3O3. The molecule has 0 aliphatic carbocycles. The number of morpholine rings is 1. The Balaban J connectivity index is 1.74. The number of halogens is 1. The van der Waals surface area contributed by atoms with Crippen LogP contribution in [0, 0.1) is 5.82 Å². The molecule has 24 heavy (non-hydrogen) atoms. The van der Waals surface area contributed by atoms with Gasteiger partial charge in [0.15, 0.2) is 0 Å². The molecule has 0 radical (unpaired) electrons. The van der Waals surface area contributed by atoms with Gasteiger partial charge in [-0.05, 0) is 24.6 Å². The van der Waals surface area contributed by atoms with Crippen LogP contribution in [0.15, 0.2) is 29.4 Å². The van der Waals surface area contributed by atoms with Crippen molar-refractivity contribution in [2.45, 2.75) is 32.4 Å². The molecule has 2 amide bonds. The Morgan fingerprint density at radius 1 is 1.33 bits per heavy atom. The van der Waals surface area contributed by atoms with Crippen molar-refractivity contribution in [2.24, 2.45) is 5.10 Å². The third-order valence-electron chi connectivity index (χ3n) is 4.23. The summed E-state index contributed by atoms with van der Waals surface area (Å²) in [6.45, 7) is 3.72. The second kappa shape index (κ2) is 7.09. The zero-order valence-electron chi connectivity index (χ0n) is 13.6. The number of amides is 2. The standard InChI is InChI=1S/C17H20FN3O3/c1-12-11-24-9-8-20(12)17(23)15-6-7-16(22)21(19-15)10-13-2-4-14(18)5-3-13/h2-5,12H,6-11H2,1H3. The lowest BCUT2D eigenvalue weighted by Gasteiger charge is -2.34. The van der Waals surface area contributed by atoms with Crippen molar-refractivity contribution in [1.82, 2.24) is 9.91 Å². The molecule has 128 valence electrons. The molecule has 6 nitrogen and oxygen atoms in total. The van der Waals surface area contributed by atoms with Gasteiger partial charge in [0.25, 0.3) is 5.91 Å². The lowest BCUT2D eigenvalue weighted by Crippen LogP contribution is -2.50. The predicted octanol–water partition coefficient (Wildman–Crippen LogP) is 1.55. The van der Waals surface area contributed by atoms with E-state index in [4.69, 9.17) is 4.74 Å². The van der Waals surface area contributed by atoms with Gasteiger partial charge < -0.3 is 9.64 Å². The molecule has 0 aromatic heterocycles. The highest BCUT2D eigenvalue weighted by molar-refractivity contribution is 6.39. The van der Waals surface area contributed by atoms with Crippen LogP contribution in [0.4, 0.5) is 4.39 Å². The molecule has 0 bridgehead atoms. The Labute approximate surface area is 139 Å². The van der Waals surface area contributed by atoms with E-state index in [9.17, 15) is 14.0 Å². The summed E-state index contributed by atoms with van der Waals surface area (Å²) in [5, 5.41) is 5.57. The van der Waals surface area contributed by atoms with Gasteiger partial charge in [-0.15, -0.1) is 0 Å². The van der Waals surface area contributed by atoms with Crippen molar-refractivity contribution in [3.05, 3.63) is 35.6 Å². The lowest BCUT2D eigenvalue weighted by molar-refractivity contribution is -0.134. The molecule has 1 saturated heterocycles. The number of nitrogens with zero attached hydrogens (tertiary/aromatic N) is 3. The molecule has 2 aliphatic heterocycles. The van der Waals surface area contributed by atoms with E-state index in [1.54, 1.807) is 17.0 Å². The molecule has 1 unspecified atom stereocenters. The summed E-state index contributed by atoms with van der Waals surface area (Å²) >= 11 is 0. The van der Waals surface area contributed by atoms with Gasteiger partial charge in [-0.2, -0.15) is 5.10 Å². The average Bonchev–Trinajstić information content (AvgIpc) is 2.59. The Kier molecular flexibility index (Phi) is 4.89. The molecule has 3 rings (SSSR count). The second-order valence-corrected chi connectivity index (χ2v) is 6.05.